The van der Waals surface area contributed by atoms with Crippen LogP contribution in [0.1, 0.15) is 61.3 Å². The van der Waals surface area contributed by atoms with Gasteiger partial charge in [-0.15, -0.1) is 0 Å². The first-order valence-corrected chi connectivity index (χ1v) is 11.8. The summed E-state index contributed by atoms with van der Waals surface area (Å²) < 4.78 is 0. The summed E-state index contributed by atoms with van der Waals surface area (Å²) in [6.07, 6.45) is 9.54. The number of pyridine rings is 1. The topological polar surface area (TPSA) is 53.5 Å². The van der Waals surface area contributed by atoms with E-state index in [-0.39, 0.29) is 17.9 Å². The van der Waals surface area contributed by atoms with Gasteiger partial charge in [0.05, 0.1) is 5.57 Å². The lowest BCUT2D eigenvalue weighted by atomic mass is 9.94. The van der Waals surface area contributed by atoms with E-state index in [0.29, 0.717) is 24.4 Å². The van der Waals surface area contributed by atoms with Gasteiger partial charge >= 0.3 is 0 Å². The lowest BCUT2D eigenvalue weighted by molar-refractivity contribution is -0.141. The van der Waals surface area contributed by atoms with E-state index in [9.17, 15) is 9.59 Å². The van der Waals surface area contributed by atoms with Crippen LogP contribution in [0.25, 0.3) is 5.57 Å². The summed E-state index contributed by atoms with van der Waals surface area (Å²) in [6.45, 7) is 7.53. The number of likely N-dealkylation sites (N-methyl/N-ethyl adjacent to an activating group) is 1. The molecule has 5 nitrogen and oxygen atoms in total. The van der Waals surface area contributed by atoms with Gasteiger partial charge in [0.2, 0.25) is 0 Å². The second kappa shape index (κ2) is 9.68. The molecule has 2 aliphatic rings. The van der Waals surface area contributed by atoms with Crippen LogP contribution >= 0.6 is 0 Å². The van der Waals surface area contributed by atoms with Crippen molar-refractivity contribution < 1.29 is 9.59 Å². The fourth-order valence-electron chi connectivity index (χ4n) is 4.90. The number of amides is 2. The van der Waals surface area contributed by atoms with Crippen molar-refractivity contribution in [3.63, 3.8) is 0 Å². The molecule has 0 N–H and O–H groups in total. The lowest BCUT2D eigenvalue weighted by Gasteiger charge is -2.31. The second-order valence-corrected chi connectivity index (χ2v) is 8.98. The molecule has 4 rings (SSSR count). The van der Waals surface area contributed by atoms with E-state index in [0.717, 1.165) is 43.2 Å². The van der Waals surface area contributed by atoms with Crippen molar-refractivity contribution in [1.82, 2.24) is 14.8 Å². The molecule has 0 bridgehead atoms. The van der Waals surface area contributed by atoms with Gasteiger partial charge in [-0.05, 0) is 74.4 Å². The maximum Gasteiger partial charge on any atom is 0.278 e. The Bertz CT molecular complexity index is 1020. The minimum atomic E-state index is -0.123. The monoisotopic (exact) mass is 431 g/mol. The molecule has 5 heteroatoms. The third kappa shape index (κ3) is 4.34. The SMILES string of the molecule is CCN(CCc1ccncc1)C1=C(c2ccc(C)c(C)c2)C(=O)N(C2CCCCC2)C1=O. The van der Waals surface area contributed by atoms with Crippen LogP contribution in [-0.4, -0.2) is 45.7 Å². The number of nitrogens with zero attached hydrogens (tertiary/aromatic N) is 3. The van der Waals surface area contributed by atoms with Crippen LogP contribution in [0.2, 0.25) is 0 Å². The lowest BCUT2D eigenvalue weighted by Crippen LogP contribution is -2.43. The van der Waals surface area contributed by atoms with Gasteiger partial charge in [-0.3, -0.25) is 19.5 Å². The van der Waals surface area contributed by atoms with Gasteiger partial charge < -0.3 is 4.90 Å². The predicted octanol–water partition coefficient (Wildman–Crippen LogP) is 4.68. The fraction of sp³-hybridized carbons (Fsp3) is 0.444. The summed E-state index contributed by atoms with van der Waals surface area (Å²) in [5.74, 6) is -0.241. The molecule has 1 aliphatic carbocycles. The van der Waals surface area contributed by atoms with Crippen molar-refractivity contribution in [2.45, 2.75) is 65.3 Å². The average molecular weight is 432 g/mol. The Morgan fingerprint density at radius 3 is 2.34 bits per heavy atom. The number of benzene rings is 1. The molecule has 168 valence electrons. The zero-order valence-electron chi connectivity index (χ0n) is 19.4. The largest absolute Gasteiger partial charge is 0.366 e. The number of hydrogen-bond donors (Lipinski definition) is 0. The number of carbonyl (C=O) groups excluding carboxylic acids is 2. The van der Waals surface area contributed by atoms with E-state index in [1.807, 2.05) is 24.3 Å². The number of rotatable bonds is 7. The number of imide groups is 1. The van der Waals surface area contributed by atoms with Crippen molar-refractivity contribution in [3.8, 4) is 0 Å². The summed E-state index contributed by atoms with van der Waals surface area (Å²) in [6, 6.07) is 10.1. The fourth-order valence-corrected chi connectivity index (χ4v) is 4.90. The highest BCUT2D eigenvalue weighted by Gasteiger charge is 2.44. The van der Waals surface area contributed by atoms with Gasteiger partial charge in [-0.25, -0.2) is 0 Å². The summed E-state index contributed by atoms with van der Waals surface area (Å²) in [5, 5.41) is 0. The Morgan fingerprint density at radius 2 is 1.69 bits per heavy atom. The highest BCUT2D eigenvalue weighted by Crippen LogP contribution is 2.36. The quantitative estimate of drug-likeness (QED) is 0.598. The first-order chi connectivity index (χ1) is 15.5. The van der Waals surface area contributed by atoms with Crippen LogP contribution in [0.15, 0.2) is 48.4 Å². The van der Waals surface area contributed by atoms with E-state index in [1.54, 1.807) is 17.3 Å². The van der Waals surface area contributed by atoms with E-state index >= 15 is 0 Å². The molecule has 2 amide bonds. The molecule has 0 atom stereocenters. The van der Waals surface area contributed by atoms with Gasteiger partial charge in [-0.2, -0.15) is 0 Å². The summed E-state index contributed by atoms with van der Waals surface area (Å²) in [5.41, 5.74) is 5.47. The molecule has 1 fully saturated rings. The van der Waals surface area contributed by atoms with Crippen LogP contribution in [0, 0.1) is 13.8 Å². The highest BCUT2D eigenvalue weighted by molar-refractivity contribution is 6.35. The molecule has 0 unspecified atom stereocenters. The van der Waals surface area contributed by atoms with Gasteiger partial charge in [0.1, 0.15) is 5.70 Å². The summed E-state index contributed by atoms with van der Waals surface area (Å²) >= 11 is 0. The van der Waals surface area contributed by atoms with E-state index in [4.69, 9.17) is 0 Å². The number of hydrogen-bond acceptors (Lipinski definition) is 4. The Balaban J connectivity index is 1.72. The molecular weight excluding hydrogens is 398 g/mol. The van der Waals surface area contributed by atoms with E-state index < -0.39 is 0 Å². The van der Waals surface area contributed by atoms with E-state index in [2.05, 4.69) is 36.7 Å². The molecule has 0 radical (unpaired) electrons. The van der Waals surface area contributed by atoms with Crippen molar-refractivity contribution in [2.75, 3.05) is 13.1 Å². The van der Waals surface area contributed by atoms with Crippen LogP contribution in [0.3, 0.4) is 0 Å². The van der Waals surface area contributed by atoms with Crippen LogP contribution in [-0.2, 0) is 16.0 Å². The van der Waals surface area contributed by atoms with Gasteiger partial charge in [0.15, 0.2) is 0 Å². The zero-order valence-corrected chi connectivity index (χ0v) is 19.4. The molecule has 2 aromatic rings. The maximum atomic E-state index is 13.8. The molecule has 1 aromatic heterocycles. The molecule has 0 spiro atoms. The average Bonchev–Trinajstić information content (AvgIpc) is 3.07. The van der Waals surface area contributed by atoms with E-state index in [1.165, 1.54) is 17.5 Å². The van der Waals surface area contributed by atoms with Crippen LogP contribution < -0.4 is 0 Å². The van der Waals surface area contributed by atoms with Crippen molar-refractivity contribution in [2.24, 2.45) is 0 Å². The second-order valence-electron chi connectivity index (χ2n) is 8.98. The Kier molecular flexibility index (Phi) is 6.73. The van der Waals surface area contributed by atoms with Crippen molar-refractivity contribution >= 4 is 17.4 Å². The van der Waals surface area contributed by atoms with Gasteiger partial charge in [0.25, 0.3) is 11.8 Å². The standard InChI is InChI=1S/C27H33N3O2/c1-4-29(17-14-21-12-15-28-16-13-21)25-24(22-11-10-19(2)20(3)18-22)26(31)30(27(25)32)23-8-6-5-7-9-23/h10-13,15-16,18,23H,4-9,14,17H2,1-3H3. The Hall–Kier alpha value is -2.95. The first-order valence-electron chi connectivity index (χ1n) is 11.8. The van der Waals surface area contributed by atoms with Crippen molar-refractivity contribution in [3.05, 3.63) is 70.7 Å². The highest BCUT2D eigenvalue weighted by atomic mass is 16.2. The molecule has 1 aromatic carbocycles. The molecular formula is C27H33N3O2. The number of carbonyl (C=O) groups is 2. The smallest absolute Gasteiger partial charge is 0.278 e. The number of aromatic nitrogens is 1. The van der Waals surface area contributed by atoms with Gasteiger partial charge in [-0.1, -0.05) is 37.5 Å². The minimum Gasteiger partial charge on any atom is -0.366 e. The molecule has 0 saturated heterocycles. The zero-order chi connectivity index (χ0) is 22.7. The first kappa shape index (κ1) is 22.3. The van der Waals surface area contributed by atoms with Crippen LogP contribution in [0.5, 0.6) is 0 Å². The predicted molar refractivity (Wildman–Crippen MR) is 127 cm³/mol. The Morgan fingerprint density at radius 1 is 0.969 bits per heavy atom. The maximum absolute atomic E-state index is 13.8. The van der Waals surface area contributed by atoms with Crippen molar-refractivity contribution in [1.29, 1.82) is 0 Å². The minimum absolute atomic E-state index is 0.0155. The Labute approximate surface area is 191 Å². The third-order valence-electron chi connectivity index (χ3n) is 6.94. The number of aryl methyl sites for hydroxylation is 2. The molecule has 1 saturated carbocycles. The molecule has 32 heavy (non-hydrogen) atoms. The third-order valence-corrected chi connectivity index (χ3v) is 6.94. The normalized spacial score (nSPS) is 17.4. The molecule has 1 aliphatic heterocycles. The summed E-state index contributed by atoms with van der Waals surface area (Å²) in [4.78, 5) is 35.2. The summed E-state index contributed by atoms with van der Waals surface area (Å²) in [7, 11) is 0. The van der Waals surface area contributed by atoms with Gasteiger partial charge in [0, 0.05) is 31.5 Å². The van der Waals surface area contributed by atoms with Crippen LogP contribution in [0.4, 0.5) is 0 Å². The molecule has 2 heterocycles.